The summed E-state index contributed by atoms with van der Waals surface area (Å²) in [6.45, 7) is 5.65. The zero-order valence-electron chi connectivity index (χ0n) is 23.5. The van der Waals surface area contributed by atoms with Gasteiger partial charge in [0.1, 0.15) is 12.4 Å². The maximum absolute atomic E-state index is 13.6. The molecular formula is C29H35F3N4O4S2. The number of nitrogens with zero attached hydrogens (tertiary/aromatic N) is 1. The number of nitrogens with one attached hydrogen (secondary N) is 2. The molecule has 0 unspecified atom stereocenters. The van der Waals surface area contributed by atoms with Crippen LogP contribution >= 0.6 is 11.3 Å². The van der Waals surface area contributed by atoms with E-state index in [4.69, 9.17) is 14.6 Å². The van der Waals surface area contributed by atoms with Crippen molar-refractivity contribution in [1.82, 2.24) is 4.90 Å². The van der Waals surface area contributed by atoms with E-state index < -0.39 is 22.6 Å². The van der Waals surface area contributed by atoms with Crippen molar-refractivity contribution in [3.8, 4) is 17.6 Å². The van der Waals surface area contributed by atoms with Gasteiger partial charge in [0.25, 0.3) is 0 Å². The molecule has 42 heavy (non-hydrogen) atoms. The number of sulfonamides is 1. The molecular weight excluding hydrogens is 589 g/mol. The summed E-state index contributed by atoms with van der Waals surface area (Å²) < 4.78 is 75.8. The first-order valence-corrected chi connectivity index (χ1v) is 16.0. The normalized spacial score (nSPS) is 14.9. The maximum atomic E-state index is 13.6. The number of ether oxygens (including phenoxy) is 2. The summed E-state index contributed by atoms with van der Waals surface area (Å²) >= 11 is 1.26. The van der Waals surface area contributed by atoms with Crippen molar-refractivity contribution in [3.63, 3.8) is 0 Å². The van der Waals surface area contributed by atoms with Crippen molar-refractivity contribution in [2.45, 2.75) is 43.3 Å². The smallest absolute Gasteiger partial charge is 0.393 e. The van der Waals surface area contributed by atoms with Crippen molar-refractivity contribution in [2.24, 2.45) is 5.14 Å². The van der Waals surface area contributed by atoms with Crippen molar-refractivity contribution < 1.29 is 31.1 Å². The Hall–Kier alpha value is -3.02. The highest BCUT2D eigenvalue weighted by Crippen LogP contribution is 2.39. The SMILES string of the molecule is CCN1CCC(Nc2cccc3c(CC(F)(F)F)c(C#CCNc4ccc(S(N)(=O)=O)cc4OCCOC)sc23)CC1. The number of thiophene rings is 1. The first-order valence-electron chi connectivity index (χ1n) is 13.6. The number of anilines is 2. The second-order valence-corrected chi connectivity index (χ2v) is 12.5. The summed E-state index contributed by atoms with van der Waals surface area (Å²) in [7, 11) is -2.44. The van der Waals surface area contributed by atoms with Gasteiger partial charge in [-0.2, -0.15) is 13.2 Å². The standard InChI is InChI=1S/C29H35F3N4O4S2/c1-3-36-14-11-20(12-15-36)35-25-7-4-6-22-23(19-29(30,31)32)27(41-28(22)25)8-5-13-34-24-10-9-21(42(33,37)38)18-26(24)40-17-16-39-2/h4,6-7,9-10,18,20,34-35H,3,11-17,19H2,1-2H3,(H2,33,37,38). The molecule has 2 aromatic carbocycles. The first kappa shape index (κ1) is 31.9. The van der Waals surface area contributed by atoms with E-state index in [1.807, 2.05) is 6.07 Å². The molecule has 1 fully saturated rings. The van der Waals surface area contributed by atoms with Crippen LogP contribution in [-0.2, 0) is 21.2 Å². The highest BCUT2D eigenvalue weighted by Gasteiger charge is 2.31. The Morgan fingerprint density at radius 1 is 1.14 bits per heavy atom. The van der Waals surface area contributed by atoms with E-state index in [0.29, 0.717) is 16.0 Å². The van der Waals surface area contributed by atoms with E-state index in [2.05, 4.69) is 34.3 Å². The van der Waals surface area contributed by atoms with E-state index in [1.165, 1.54) is 36.6 Å². The molecule has 0 bridgehead atoms. The van der Waals surface area contributed by atoms with E-state index >= 15 is 0 Å². The fraction of sp³-hybridized carbons (Fsp3) is 0.448. The zero-order chi connectivity index (χ0) is 30.3. The van der Waals surface area contributed by atoms with E-state index in [9.17, 15) is 21.6 Å². The van der Waals surface area contributed by atoms with Gasteiger partial charge in [0.15, 0.2) is 0 Å². The van der Waals surface area contributed by atoms with Crippen LogP contribution in [0.4, 0.5) is 24.5 Å². The Balaban J connectivity index is 1.57. The van der Waals surface area contributed by atoms with E-state index in [-0.39, 0.29) is 42.0 Å². The monoisotopic (exact) mass is 624 g/mol. The van der Waals surface area contributed by atoms with Crippen molar-refractivity contribution >= 4 is 42.8 Å². The Kier molecular flexibility index (Phi) is 10.6. The molecule has 3 aromatic rings. The van der Waals surface area contributed by atoms with Crippen LogP contribution in [0.25, 0.3) is 10.1 Å². The van der Waals surface area contributed by atoms with Crippen LogP contribution in [-0.4, -0.2) is 72.0 Å². The van der Waals surface area contributed by atoms with Crippen molar-refractivity contribution in [3.05, 3.63) is 46.8 Å². The number of piperidine rings is 1. The minimum Gasteiger partial charge on any atom is -0.489 e. The van der Waals surface area contributed by atoms with Gasteiger partial charge in [-0.05, 0) is 48.5 Å². The summed E-state index contributed by atoms with van der Waals surface area (Å²) in [5.74, 6) is 6.10. The molecule has 1 saturated heterocycles. The average Bonchev–Trinajstić information content (AvgIpc) is 3.28. The van der Waals surface area contributed by atoms with Crippen LogP contribution in [0.1, 0.15) is 30.2 Å². The molecule has 0 radical (unpaired) electrons. The predicted octanol–water partition coefficient (Wildman–Crippen LogP) is 5.04. The van der Waals surface area contributed by atoms with Crippen molar-refractivity contribution in [1.29, 1.82) is 0 Å². The summed E-state index contributed by atoms with van der Waals surface area (Å²) in [6.07, 6.45) is -3.52. The van der Waals surface area contributed by atoms with E-state index in [0.717, 1.165) is 42.9 Å². The molecule has 13 heteroatoms. The number of rotatable bonds is 11. The number of benzene rings is 2. The van der Waals surface area contributed by atoms with Gasteiger partial charge in [0, 0.05) is 32.3 Å². The summed E-state index contributed by atoms with van der Waals surface area (Å²) in [4.78, 5) is 2.63. The van der Waals surface area contributed by atoms with E-state index in [1.54, 1.807) is 12.1 Å². The Morgan fingerprint density at radius 2 is 1.90 bits per heavy atom. The Bertz CT molecular complexity index is 1540. The second-order valence-electron chi connectivity index (χ2n) is 9.94. The van der Waals surface area contributed by atoms with Crippen molar-refractivity contribution in [2.75, 3.05) is 57.1 Å². The summed E-state index contributed by atoms with van der Waals surface area (Å²) in [5.41, 5.74) is 1.45. The highest BCUT2D eigenvalue weighted by molar-refractivity contribution is 7.89. The topological polar surface area (TPSA) is 106 Å². The van der Waals surface area contributed by atoms with Gasteiger partial charge in [-0.3, -0.25) is 0 Å². The largest absolute Gasteiger partial charge is 0.489 e. The fourth-order valence-electron chi connectivity index (χ4n) is 4.82. The average molecular weight is 625 g/mol. The number of likely N-dealkylation sites (tertiary alicyclic amines) is 1. The number of hydrogen-bond acceptors (Lipinski definition) is 8. The van der Waals surface area contributed by atoms with Gasteiger partial charge >= 0.3 is 6.18 Å². The lowest BCUT2D eigenvalue weighted by Gasteiger charge is -2.32. The van der Waals surface area contributed by atoms with Gasteiger partial charge in [-0.15, -0.1) is 11.3 Å². The molecule has 0 amide bonds. The number of hydrogen-bond donors (Lipinski definition) is 3. The lowest BCUT2D eigenvalue weighted by atomic mass is 10.0. The number of nitrogens with two attached hydrogens (primary N) is 1. The third-order valence-electron chi connectivity index (χ3n) is 6.99. The van der Waals surface area contributed by atoms with Crippen LogP contribution in [0.2, 0.25) is 0 Å². The molecule has 0 saturated carbocycles. The molecule has 228 valence electrons. The number of methoxy groups -OCH3 is 1. The van der Waals surface area contributed by atoms with Gasteiger partial charge in [0.05, 0.1) is 45.4 Å². The number of primary sulfonamides is 1. The Morgan fingerprint density at radius 3 is 2.57 bits per heavy atom. The van der Waals surface area contributed by atoms with Crippen LogP contribution in [0.15, 0.2) is 41.3 Å². The van der Waals surface area contributed by atoms with Crippen LogP contribution in [0.5, 0.6) is 5.75 Å². The Labute approximate surface area is 248 Å². The third kappa shape index (κ3) is 8.52. The van der Waals surface area contributed by atoms with Crippen LogP contribution in [0.3, 0.4) is 0 Å². The molecule has 1 aliphatic heterocycles. The summed E-state index contributed by atoms with van der Waals surface area (Å²) in [6, 6.07) is 9.81. The zero-order valence-corrected chi connectivity index (χ0v) is 25.1. The van der Waals surface area contributed by atoms with Gasteiger partial charge in [-0.1, -0.05) is 30.9 Å². The third-order valence-corrected chi connectivity index (χ3v) is 9.09. The quantitative estimate of drug-likeness (QED) is 0.203. The van der Waals surface area contributed by atoms with Crippen LogP contribution in [0, 0.1) is 11.8 Å². The molecule has 8 nitrogen and oxygen atoms in total. The van der Waals surface area contributed by atoms with Gasteiger partial charge in [0.2, 0.25) is 10.0 Å². The molecule has 0 atom stereocenters. The lowest BCUT2D eigenvalue weighted by Crippen LogP contribution is -2.38. The maximum Gasteiger partial charge on any atom is 0.393 e. The van der Waals surface area contributed by atoms with Crippen LogP contribution < -0.4 is 20.5 Å². The second kappa shape index (κ2) is 14.0. The predicted molar refractivity (Wildman–Crippen MR) is 161 cm³/mol. The number of fused-ring (bicyclic) bond motifs is 1. The number of alkyl halides is 3. The lowest BCUT2D eigenvalue weighted by molar-refractivity contribution is -0.126. The molecule has 0 spiro atoms. The first-order chi connectivity index (χ1) is 20.0. The molecule has 0 aliphatic carbocycles. The molecule has 2 heterocycles. The number of halogens is 3. The van der Waals surface area contributed by atoms with Gasteiger partial charge in [-0.25, -0.2) is 13.6 Å². The van der Waals surface area contributed by atoms with Gasteiger partial charge < -0.3 is 25.0 Å². The fourth-order valence-corrected chi connectivity index (χ4v) is 6.52. The molecule has 1 aromatic heterocycles. The molecule has 4 rings (SSSR count). The minimum absolute atomic E-state index is 0.0795. The summed E-state index contributed by atoms with van der Waals surface area (Å²) in [5, 5.41) is 12.4. The molecule has 1 aliphatic rings. The minimum atomic E-state index is -4.39. The highest BCUT2D eigenvalue weighted by atomic mass is 32.2. The molecule has 4 N–H and O–H groups in total.